The summed E-state index contributed by atoms with van der Waals surface area (Å²) in [5.74, 6) is 5.98. The van der Waals surface area contributed by atoms with Gasteiger partial charge in [0.15, 0.2) is 5.65 Å². The molecule has 0 saturated carbocycles. The lowest BCUT2D eigenvalue weighted by Crippen LogP contribution is -2.45. The quantitative estimate of drug-likeness (QED) is 0.207. The average Bonchev–Trinajstić information content (AvgIpc) is 3.41. The molecule has 1 aliphatic rings. The first-order valence-electron chi connectivity index (χ1n) is 14.3. The third-order valence-electron chi connectivity index (χ3n) is 7.11. The zero-order chi connectivity index (χ0) is 32.6. The lowest BCUT2D eigenvalue weighted by atomic mass is 10.1. The van der Waals surface area contributed by atoms with Crippen molar-refractivity contribution in [3.63, 3.8) is 0 Å². The Bertz CT molecular complexity index is 1660. The number of nitrogens with one attached hydrogen (secondary N) is 1. The lowest BCUT2D eigenvalue weighted by molar-refractivity contribution is -0.0894. The van der Waals surface area contributed by atoms with Crippen molar-refractivity contribution in [2.45, 2.75) is 20.0 Å². The number of aryl methyl sites for hydroxylation is 1. The van der Waals surface area contributed by atoms with Crippen LogP contribution in [0.3, 0.4) is 0 Å². The van der Waals surface area contributed by atoms with Gasteiger partial charge in [0.25, 0.3) is 5.91 Å². The van der Waals surface area contributed by atoms with Gasteiger partial charge in [-0.1, -0.05) is 18.6 Å². The van der Waals surface area contributed by atoms with Crippen LogP contribution in [0, 0.1) is 18.8 Å². The number of amides is 1. The number of allylic oxidation sites excluding steroid dienone is 3. The van der Waals surface area contributed by atoms with Crippen LogP contribution in [-0.2, 0) is 4.74 Å². The first kappa shape index (κ1) is 33.4. The normalized spacial score (nSPS) is 15.1. The number of ether oxygens (including phenoxy) is 2. The van der Waals surface area contributed by atoms with Crippen molar-refractivity contribution < 1.29 is 27.4 Å². The van der Waals surface area contributed by atoms with Crippen molar-refractivity contribution >= 4 is 11.6 Å². The number of carbonyl (C=O) groups is 1. The molecule has 0 atom stereocenters. The van der Waals surface area contributed by atoms with Gasteiger partial charge in [-0.25, -0.2) is 9.50 Å². The zero-order valence-corrected chi connectivity index (χ0v) is 25.7. The Hall–Kier alpha value is -4.51. The van der Waals surface area contributed by atoms with Gasteiger partial charge in [-0.15, -0.1) is 5.10 Å². The molecule has 45 heavy (non-hydrogen) atoms. The lowest BCUT2D eigenvalue weighted by Gasteiger charge is -2.33. The van der Waals surface area contributed by atoms with Crippen molar-refractivity contribution in [1.29, 1.82) is 0 Å². The van der Waals surface area contributed by atoms with E-state index in [-0.39, 0.29) is 17.7 Å². The number of alkyl halides is 3. The van der Waals surface area contributed by atoms with E-state index < -0.39 is 17.7 Å². The average molecular weight is 624 g/mol. The summed E-state index contributed by atoms with van der Waals surface area (Å²) in [6.45, 7) is 10.4. The van der Waals surface area contributed by atoms with Crippen LogP contribution in [0.5, 0.6) is 5.88 Å². The molecule has 0 unspecified atom stereocenters. The van der Waals surface area contributed by atoms with Gasteiger partial charge in [0.05, 0.1) is 29.6 Å². The van der Waals surface area contributed by atoms with Crippen molar-refractivity contribution in [3.05, 3.63) is 88.7 Å². The molecule has 0 bridgehead atoms. The number of aromatic nitrogens is 4. The summed E-state index contributed by atoms with van der Waals surface area (Å²) >= 11 is 0. The fourth-order valence-corrected chi connectivity index (χ4v) is 4.36. The van der Waals surface area contributed by atoms with Gasteiger partial charge in [-0.3, -0.25) is 14.7 Å². The van der Waals surface area contributed by atoms with Gasteiger partial charge in [-0.05, 0) is 50.6 Å². The molecule has 4 rings (SSSR count). The molecule has 4 heterocycles. The number of piperazine rings is 1. The van der Waals surface area contributed by atoms with Gasteiger partial charge in [-0.2, -0.15) is 13.2 Å². The van der Waals surface area contributed by atoms with Crippen LogP contribution < -0.4 is 10.1 Å². The smallest absolute Gasteiger partial charge is 0.416 e. The SMILES string of the molecule is C=C(/C(=C\C=C(/C)NC(=O)c1cnc(C)c(C#Cc2cnc3ccc(OCCOC)nn23)c1)CN1CCN(C)CC1)C(F)(F)F. The molecule has 1 fully saturated rings. The number of rotatable bonds is 10. The molecule has 0 spiro atoms. The fraction of sp³-hybridized carbons (Fsp3) is 0.375. The summed E-state index contributed by atoms with van der Waals surface area (Å²) in [4.78, 5) is 25.8. The highest BCUT2D eigenvalue weighted by Crippen LogP contribution is 2.30. The number of hydrogen-bond acceptors (Lipinski definition) is 8. The molecular weight excluding hydrogens is 587 g/mol. The monoisotopic (exact) mass is 623 g/mol. The second-order valence-corrected chi connectivity index (χ2v) is 10.6. The highest BCUT2D eigenvalue weighted by atomic mass is 19.4. The van der Waals surface area contributed by atoms with Gasteiger partial charge in [0, 0.05) is 63.4 Å². The summed E-state index contributed by atoms with van der Waals surface area (Å²) < 4.78 is 52.8. The Morgan fingerprint density at radius 3 is 2.58 bits per heavy atom. The molecule has 10 nitrogen and oxygen atoms in total. The first-order valence-corrected chi connectivity index (χ1v) is 14.3. The van der Waals surface area contributed by atoms with Crippen LogP contribution in [0.2, 0.25) is 0 Å². The van der Waals surface area contributed by atoms with E-state index in [0.717, 1.165) is 13.1 Å². The van der Waals surface area contributed by atoms with E-state index in [1.807, 2.05) is 11.9 Å². The van der Waals surface area contributed by atoms with E-state index >= 15 is 0 Å². The maximum atomic E-state index is 13.6. The maximum absolute atomic E-state index is 13.6. The minimum absolute atomic E-state index is 0.0470. The van der Waals surface area contributed by atoms with Crippen LogP contribution in [0.25, 0.3) is 5.65 Å². The van der Waals surface area contributed by atoms with Crippen molar-refractivity contribution in [1.82, 2.24) is 34.7 Å². The Morgan fingerprint density at radius 1 is 1.11 bits per heavy atom. The number of imidazole rings is 1. The number of halogens is 3. The molecule has 3 aromatic rings. The molecule has 1 amide bonds. The molecule has 0 radical (unpaired) electrons. The topological polar surface area (TPSA) is 97.1 Å². The molecule has 1 N–H and O–H groups in total. The Labute approximate surface area is 260 Å². The summed E-state index contributed by atoms with van der Waals surface area (Å²) in [7, 11) is 3.56. The number of carbonyl (C=O) groups excluding carboxylic acids is 1. The van der Waals surface area contributed by atoms with E-state index in [9.17, 15) is 18.0 Å². The Balaban J connectivity index is 1.49. The molecule has 238 valence electrons. The van der Waals surface area contributed by atoms with Gasteiger partial charge >= 0.3 is 6.18 Å². The number of likely N-dealkylation sites (N-methyl/N-ethyl adjacent to an activating group) is 1. The van der Waals surface area contributed by atoms with Crippen molar-refractivity contribution in [2.24, 2.45) is 0 Å². The zero-order valence-electron chi connectivity index (χ0n) is 25.7. The van der Waals surface area contributed by atoms with Crippen molar-refractivity contribution in [2.75, 3.05) is 60.1 Å². The Morgan fingerprint density at radius 2 is 1.87 bits per heavy atom. The predicted molar refractivity (Wildman–Crippen MR) is 164 cm³/mol. The van der Waals surface area contributed by atoms with E-state index in [4.69, 9.17) is 9.47 Å². The van der Waals surface area contributed by atoms with E-state index in [1.165, 1.54) is 18.3 Å². The Kier molecular flexibility index (Phi) is 11.1. The summed E-state index contributed by atoms with van der Waals surface area (Å²) in [5.41, 5.74) is 1.97. The molecule has 1 aliphatic heterocycles. The van der Waals surface area contributed by atoms with Gasteiger partial charge in [0.1, 0.15) is 12.3 Å². The summed E-state index contributed by atoms with van der Waals surface area (Å²) in [6.07, 6.45) is 1.26. The standard InChI is InChI=1S/C32H36F3N7O3/c1-22(6-7-26(23(2)32(33,34)35)21-41-14-12-40(4)13-15-41)38-31(43)27-18-25(24(3)36-19-27)8-9-28-20-37-29-10-11-30(39-42(28)29)45-17-16-44-5/h6-7,10-11,18-20H,2,12-17,21H2,1,3-5H3,(H,38,43)/b22-6+,26-7-. The van der Waals surface area contributed by atoms with Gasteiger partial charge < -0.3 is 19.7 Å². The molecule has 3 aromatic heterocycles. The highest BCUT2D eigenvalue weighted by molar-refractivity contribution is 5.95. The molecule has 1 saturated heterocycles. The predicted octanol–water partition coefficient (Wildman–Crippen LogP) is 3.78. The third kappa shape index (κ3) is 9.24. The molecule has 0 aliphatic carbocycles. The summed E-state index contributed by atoms with van der Waals surface area (Å²) in [6, 6.07) is 5.07. The number of pyridine rings is 1. The second kappa shape index (κ2) is 15.0. The number of methoxy groups -OCH3 is 1. The molecule has 0 aromatic carbocycles. The highest BCUT2D eigenvalue weighted by Gasteiger charge is 2.34. The van der Waals surface area contributed by atoms with E-state index in [1.54, 1.807) is 49.9 Å². The summed E-state index contributed by atoms with van der Waals surface area (Å²) in [5, 5.41) is 7.14. The second-order valence-electron chi connectivity index (χ2n) is 10.6. The third-order valence-corrected chi connectivity index (χ3v) is 7.11. The number of nitrogens with zero attached hydrogens (tertiary/aromatic N) is 6. The minimum atomic E-state index is -4.56. The fourth-order valence-electron chi connectivity index (χ4n) is 4.36. The van der Waals surface area contributed by atoms with Crippen LogP contribution >= 0.6 is 0 Å². The molecular formula is C32H36F3N7O3. The van der Waals surface area contributed by atoms with Crippen LogP contribution in [-0.4, -0.2) is 102 Å². The van der Waals surface area contributed by atoms with Crippen LogP contribution in [0.1, 0.15) is 34.2 Å². The van der Waals surface area contributed by atoms with Crippen molar-refractivity contribution in [3.8, 4) is 17.7 Å². The number of fused-ring (bicyclic) bond motifs is 1. The van der Waals surface area contributed by atoms with E-state index in [2.05, 4.69) is 43.7 Å². The van der Waals surface area contributed by atoms with Gasteiger partial charge in [0.2, 0.25) is 5.88 Å². The molecule has 13 heteroatoms. The minimum Gasteiger partial charge on any atom is -0.474 e. The largest absolute Gasteiger partial charge is 0.474 e. The van der Waals surface area contributed by atoms with Crippen LogP contribution in [0.4, 0.5) is 13.2 Å². The number of hydrogen-bond donors (Lipinski definition) is 1. The maximum Gasteiger partial charge on any atom is 0.416 e. The first-order chi connectivity index (χ1) is 21.4. The van der Waals surface area contributed by atoms with E-state index in [0.29, 0.717) is 60.5 Å². The van der Waals surface area contributed by atoms with Crippen LogP contribution in [0.15, 0.2) is 66.2 Å².